The Kier molecular flexibility index (Phi) is 6.83. The molecule has 124 valence electrons. The van der Waals surface area contributed by atoms with Crippen LogP contribution in [0.4, 0.5) is 0 Å². The van der Waals surface area contributed by atoms with Crippen LogP contribution in [0.3, 0.4) is 0 Å². The van der Waals surface area contributed by atoms with Crippen LogP contribution in [0, 0.1) is 6.92 Å². The smallest absolute Gasteiger partial charge is 0.243 e. The lowest BCUT2D eigenvalue weighted by Crippen LogP contribution is -2.40. The highest BCUT2D eigenvalue weighted by Gasteiger charge is 2.25. The molecule has 0 fully saturated rings. The largest absolute Gasteiger partial charge is 0.494 e. The average Bonchev–Trinajstić information content (AvgIpc) is 2.47. The van der Waals surface area contributed by atoms with Gasteiger partial charge < -0.3 is 10.1 Å². The number of aryl methyl sites for hydroxylation is 1. The highest BCUT2D eigenvalue weighted by atomic mass is 32.2. The molecule has 0 radical (unpaired) electrons. The summed E-state index contributed by atoms with van der Waals surface area (Å²) in [6.45, 7) is 8.20. The first-order valence-electron chi connectivity index (χ1n) is 7.37. The Morgan fingerprint density at radius 3 is 2.45 bits per heavy atom. The number of rotatable bonds is 8. The molecule has 0 aliphatic carbocycles. The minimum Gasteiger partial charge on any atom is -0.494 e. The Bertz CT molecular complexity index is 614. The van der Waals surface area contributed by atoms with Crippen LogP contribution in [0.2, 0.25) is 0 Å². The minimum atomic E-state index is -3.70. The molecule has 1 aromatic carbocycles. The van der Waals surface area contributed by atoms with Gasteiger partial charge in [-0.15, -0.1) is 0 Å². The van der Waals surface area contributed by atoms with Crippen LogP contribution in [0.25, 0.3) is 0 Å². The van der Waals surface area contributed by atoms with Crippen LogP contribution < -0.4 is 10.1 Å². The lowest BCUT2D eigenvalue weighted by atomic mass is 10.2. The van der Waals surface area contributed by atoms with Gasteiger partial charge >= 0.3 is 0 Å². The summed E-state index contributed by atoms with van der Waals surface area (Å²) in [6.07, 6.45) is 0. The SMILES string of the molecule is CCNC(=O)CN(CC)S(=O)(=O)c1ccc(OCC)c(C)c1. The van der Waals surface area contributed by atoms with Gasteiger partial charge in [0.25, 0.3) is 0 Å². The Morgan fingerprint density at radius 2 is 1.95 bits per heavy atom. The second-order valence-corrected chi connectivity index (χ2v) is 6.68. The Morgan fingerprint density at radius 1 is 1.27 bits per heavy atom. The van der Waals surface area contributed by atoms with Gasteiger partial charge in [-0.05, 0) is 44.5 Å². The van der Waals surface area contributed by atoms with E-state index in [0.717, 1.165) is 9.87 Å². The molecule has 1 rings (SSSR count). The molecule has 0 saturated carbocycles. The van der Waals surface area contributed by atoms with Crippen LogP contribution in [0.15, 0.2) is 23.1 Å². The van der Waals surface area contributed by atoms with Crippen molar-refractivity contribution < 1.29 is 17.9 Å². The maximum Gasteiger partial charge on any atom is 0.243 e. The summed E-state index contributed by atoms with van der Waals surface area (Å²) in [5.41, 5.74) is 0.747. The number of benzene rings is 1. The molecule has 1 aromatic rings. The number of ether oxygens (including phenoxy) is 1. The zero-order chi connectivity index (χ0) is 16.8. The number of carbonyl (C=O) groups is 1. The first kappa shape index (κ1) is 18.4. The van der Waals surface area contributed by atoms with Gasteiger partial charge in [0.15, 0.2) is 0 Å². The highest BCUT2D eigenvalue weighted by Crippen LogP contribution is 2.24. The fourth-order valence-electron chi connectivity index (χ4n) is 2.03. The van der Waals surface area contributed by atoms with Crippen LogP contribution in [0.5, 0.6) is 5.75 Å². The van der Waals surface area contributed by atoms with Crippen molar-refractivity contribution in [2.75, 3.05) is 26.2 Å². The molecular weight excluding hydrogens is 304 g/mol. The zero-order valence-corrected chi connectivity index (χ0v) is 14.4. The maximum atomic E-state index is 12.6. The Labute approximate surface area is 132 Å². The van der Waals surface area contributed by atoms with E-state index in [9.17, 15) is 13.2 Å². The van der Waals surface area contributed by atoms with Crippen LogP contribution in [0.1, 0.15) is 26.3 Å². The molecule has 0 unspecified atom stereocenters. The summed E-state index contributed by atoms with van der Waals surface area (Å²) in [6, 6.07) is 4.72. The third-order valence-electron chi connectivity index (χ3n) is 3.13. The summed E-state index contributed by atoms with van der Waals surface area (Å²) in [7, 11) is -3.70. The number of nitrogens with zero attached hydrogens (tertiary/aromatic N) is 1. The van der Waals surface area contributed by atoms with Gasteiger partial charge in [-0.2, -0.15) is 4.31 Å². The fourth-order valence-corrected chi connectivity index (χ4v) is 3.52. The molecule has 0 spiro atoms. The second kappa shape index (κ2) is 8.14. The third kappa shape index (κ3) is 4.45. The number of amides is 1. The van der Waals surface area contributed by atoms with E-state index in [0.29, 0.717) is 18.9 Å². The average molecular weight is 328 g/mol. The number of hydrogen-bond acceptors (Lipinski definition) is 4. The van der Waals surface area contributed by atoms with E-state index in [1.54, 1.807) is 32.9 Å². The molecule has 0 aliphatic heterocycles. The fraction of sp³-hybridized carbons (Fsp3) is 0.533. The van der Waals surface area contributed by atoms with E-state index in [2.05, 4.69) is 5.32 Å². The summed E-state index contributed by atoms with van der Waals surface area (Å²) < 4.78 is 31.8. The predicted octanol–water partition coefficient (Wildman–Crippen LogP) is 1.54. The van der Waals surface area contributed by atoms with Gasteiger partial charge in [0, 0.05) is 13.1 Å². The van der Waals surface area contributed by atoms with Crippen LogP contribution >= 0.6 is 0 Å². The summed E-state index contributed by atoms with van der Waals surface area (Å²) >= 11 is 0. The third-order valence-corrected chi connectivity index (χ3v) is 5.05. The standard InChI is InChI=1S/C15H24N2O4S/c1-5-16-15(18)11-17(6-2)22(19,20)13-8-9-14(21-7-3)12(4)10-13/h8-10H,5-7,11H2,1-4H3,(H,16,18). The topological polar surface area (TPSA) is 75.7 Å². The molecule has 1 amide bonds. The van der Waals surface area contributed by atoms with Gasteiger partial charge in [-0.3, -0.25) is 4.79 Å². The molecule has 6 nitrogen and oxygen atoms in total. The molecule has 7 heteroatoms. The number of likely N-dealkylation sites (N-methyl/N-ethyl adjacent to an activating group) is 2. The van der Waals surface area contributed by atoms with Crippen LogP contribution in [-0.2, 0) is 14.8 Å². The highest BCUT2D eigenvalue weighted by molar-refractivity contribution is 7.89. The molecule has 0 heterocycles. The predicted molar refractivity (Wildman–Crippen MR) is 85.5 cm³/mol. The quantitative estimate of drug-likeness (QED) is 0.785. The summed E-state index contributed by atoms with van der Waals surface area (Å²) in [5.74, 6) is 0.351. The molecule has 0 aliphatic rings. The van der Waals surface area contributed by atoms with E-state index in [1.165, 1.54) is 6.07 Å². The molecular formula is C15H24N2O4S. The lowest BCUT2D eigenvalue weighted by Gasteiger charge is -2.20. The summed E-state index contributed by atoms with van der Waals surface area (Å²) in [4.78, 5) is 11.8. The number of hydrogen-bond donors (Lipinski definition) is 1. The summed E-state index contributed by atoms with van der Waals surface area (Å²) in [5, 5.41) is 2.61. The van der Waals surface area contributed by atoms with Crippen molar-refractivity contribution in [2.45, 2.75) is 32.6 Å². The van der Waals surface area contributed by atoms with Gasteiger partial charge in [0.05, 0.1) is 18.0 Å². The Hall–Kier alpha value is -1.60. The lowest BCUT2D eigenvalue weighted by molar-refractivity contribution is -0.121. The molecule has 0 bridgehead atoms. The van der Waals surface area contributed by atoms with Gasteiger partial charge in [-0.25, -0.2) is 8.42 Å². The van der Waals surface area contributed by atoms with E-state index in [1.807, 2.05) is 6.92 Å². The Balaban J connectivity index is 3.05. The van der Waals surface area contributed by atoms with Crippen molar-refractivity contribution >= 4 is 15.9 Å². The van der Waals surface area contributed by atoms with Gasteiger partial charge in [-0.1, -0.05) is 6.92 Å². The number of carbonyl (C=O) groups excluding carboxylic acids is 1. The van der Waals surface area contributed by atoms with E-state index >= 15 is 0 Å². The first-order chi connectivity index (χ1) is 10.4. The molecule has 1 N–H and O–H groups in total. The number of sulfonamides is 1. The van der Waals surface area contributed by atoms with E-state index in [4.69, 9.17) is 4.74 Å². The van der Waals surface area contributed by atoms with Crippen molar-refractivity contribution in [3.63, 3.8) is 0 Å². The van der Waals surface area contributed by atoms with Crippen LogP contribution in [-0.4, -0.2) is 44.9 Å². The van der Waals surface area contributed by atoms with Crippen molar-refractivity contribution in [1.29, 1.82) is 0 Å². The van der Waals surface area contributed by atoms with E-state index in [-0.39, 0.29) is 23.9 Å². The van der Waals surface area contributed by atoms with E-state index < -0.39 is 10.0 Å². The van der Waals surface area contributed by atoms with Crippen molar-refractivity contribution in [3.05, 3.63) is 23.8 Å². The zero-order valence-electron chi connectivity index (χ0n) is 13.5. The number of nitrogens with one attached hydrogen (secondary N) is 1. The monoisotopic (exact) mass is 328 g/mol. The van der Waals surface area contributed by atoms with Crippen molar-refractivity contribution in [2.24, 2.45) is 0 Å². The van der Waals surface area contributed by atoms with Gasteiger partial charge in [0.1, 0.15) is 5.75 Å². The maximum absolute atomic E-state index is 12.6. The molecule has 22 heavy (non-hydrogen) atoms. The second-order valence-electron chi connectivity index (χ2n) is 4.75. The molecule has 0 aromatic heterocycles. The molecule has 0 atom stereocenters. The normalized spacial score (nSPS) is 11.5. The van der Waals surface area contributed by atoms with Crippen molar-refractivity contribution in [3.8, 4) is 5.75 Å². The minimum absolute atomic E-state index is 0.166. The van der Waals surface area contributed by atoms with Gasteiger partial charge in [0.2, 0.25) is 15.9 Å². The first-order valence-corrected chi connectivity index (χ1v) is 8.81. The molecule has 0 saturated heterocycles. The van der Waals surface area contributed by atoms with Crippen molar-refractivity contribution in [1.82, 2.24) is 9.62 Å².